The molecular formula is C20H30FNO8. The molecule has 0 N–H and O–H groups in total. The fourth-order valence-corrected chi connectivity index (χ4v) is 2.02. The van der Waals surface area contributed by atoms with E-state index < -0.39 is 47.2 Å². The maximum absolute atomic E-state index is 13.7. The summed E-state index contributed by atoms with van der Waals surface area (Å²) in [6.45, 7) is 12.6. The van der Waals surface area contributed by atoms with Crippen molar-refractivity contribution in [3.05, 3.63) is 24.7 Å². The normalized spacial score (nSPS) is 13.0. The Hall–Kier alpha value is -2.91. The summed E-state index contributed by atoms with van der Waals surface area (Å²) < 4.78 is 33.1. The Morgan fingerprint density at radius 3 is 1.83 bits per heavy atom. The van der Waals surface area contributed by atoms with Crippen molar-refractivity contribution in [2.45, 2.75) is 71.6 Å². The summed E-state index contributed by atoms with van der Waals surface area (Å²) in [6.07, 6.45) is -1.13. The monoisotopic (exact) mass is 431 g/mol. The third-order valence-electron chi connectivity index (χ3n) is 3.11. The lowest BCUT2D eigenvalue weighted by molar-refractivity contribution is -0.146. The fraction of sp³-hybridized carbons (Fsp3) is 0.600. The summed E-state index contributed by atoms with van der Waals surface area (Å²) in [7, 11) is 1.07. The van der Waals surface area contributed by atoms with Crippen LogP contribution in [0.1, 0.15) is 54.4 Å². The number of allylic oxidation sites excluding steroid dienone is 1. The second-order valence-corrected chi connectivity index (χ2v) is 8.07. The SMILES string of the molecule is C=COC(=O)C(F)=CCC[C@H](C(=O)OC)N(C(=O)OC(C)(C)C)C(=O)OC(C)(C)C. The number of rotatable bonds is 7. The van der Waals surface area contributed by atoms with E-state index in [1.54, 1.807) is 41.5 Å². The lowest BCUT2D eigenvalue weighted by Gasteiger charge is -2.32. The summed E-state index contributed by atoms with van der Waals surface area (Å²) in [5.41, 5.74) is -1.95. The van der Waals surface area contributed by atoms with Crippen LogP contribution in [0.3, 0.4) is 0 Å². The summed E-state index contributed by atoms with van der Waals surface area (Å²) in [5.74, 6) is -3.44. The van der Waals surface area contributed by atoms with Gasteiger partial charge in [-0.15, -0.1) is 0 Å². The van der Waals surface area contributed by atoms with Crippen molar-refractivity contribution in [2.24, 2.45) is 0 Å². The molecule has 0 aliphatic heterocycles. The Morgan fingerprint density at radius 2 is 1.47 bits per heavy atom. The van der Waals surface area contributed by atoms with E-state index >= 15 is 0 Å². The number of esters is 2. The molecule has 0 rings (SSSR count). The van der Waals surface area contributed by atoms with Crippen LogP contribution in [-0.4, -0.2) is 53.4 Å². The van der Waals surface area contributed by atoms with E-state index in [-0.39, 0.29) is 12.8 Å². The Balaban J connectivity index is 5.83. The number of hydrogen-bond acceptors (Lipinski definition) is 8. The summed E-state index contributed by atoms with van der Waals surface area (Å²) in [5, 5.41) is 0. The standard InChI is InChI=1S/C20H30FNO8/c1-9-28-15(23)13(21)11-10-12-14(16(24)27-8)22(17(25)29-19(2,3)4)18(26)30-20(5,6)7/h9,11,14H,1,10,12H2,2-8H3/t14-/m1/s1. The van der Waals surface area contributed by atoms with Crippen LogP contribution in [0.4, 0.5) is 14.0 Å². The van der Waals surface area contributed by atoms with Crippen LogP contribution in [0, 0.1) is 0 Å². The van der Waals surface area contributed by atoms with Gasteiger partial charge in [-0.3, -0.25) is 0 Å². The van der Waals surface area contributed by atoms with E-state index in [0.29, 0.717) is 4.90 Å². The molecular weight excluding hydrogens is 401 g/mol. The van der Waals surface area contributed by atoms with Crippen molar-refractivity contribution >= 4 is 24.1 Å². The van der Waals surface area contributed by atoms with Gasteiger partial charge >= 0.3 is 24.1 Å². The molecule has 0 saturated carbocycles. The maximum atomic E-state index is 13.7. The fourth-order valence-electron chi connectivity index (χ4n) is 2.02. The van der Waals surface area contributed by atoms with Gasteiger partial charge in [-0.2, -0.15) is 9.29 Å². The van der Waals surface area contributed by atoms with Crippen molar-refractivity contribution in [2.75, 3.05) is 7.11 Å². The number of carbonyl (C=O) groups excluding carboxylic acids is 4. The molecule has 9 nitrogen and oxygen atoms in total. The second-order valence-electron chi connectivity index (χ2n) is 8.07. The topological polar surface area (TPSA) is 108 Å². The third-order valence-corrected chi connectivity index (χ3v) is 3.11. The van der Waals surface area contributed by atoms with Crippen molar-refractivity contribution in [1.82, 2.24) is 4.90 Å². The van der Waals surface area contributed by atoms with E-state index in [2.05, 4.69) is 16.1 Å². The lowest BCUT2D eigenvalue weighted by Crippen LogP contribution is -2.52. The number of ether oxygens (including phenoxy) is 4. The number of halogens is 1. The molecule has 1 atom stereocenters. The van der Waals surface area contributed by atoms with Crippen molar-refractivity contribution in [3.8, 4) is 0 Å². The minimum Gasteiger partial charge on any atom is -0.467 e. The Morgan fingerprint density at radius 1 is 1.00 bits per heavy atom. The number of methoxy groups -OCH3 is 1. The summed E-state index contributed by atoms with van der Waals surface area (Å²) in [6, 6.07) is -1.49. The molecule has 0 aromatic heterocycles. The van der Waals surface area contributed by atoms with E-state index in [1.165, 1.54) is 0 Å². The van der Waals surface area contributed by atoms with Gasteiger partial charge in [0.1, 0.15) is 17.2 Å². The van der Waals surface area contributed by atoms with Gasteiger partial charge < -0.3 is 18.9 Å². The first-order chi connectivity index (χ1) is 13.6. The molecule has 10 heteroatoms. The second kappa shape index (κ2) is 11.3. The van der Waals surface area contributed by atoms with Crippen LogP contribution >= 0.6 is 0 Å². The van der Waals surface area contributed by atoms with Crippen molar-refractivity contribution < 1.29 is 42.5 Å². The van der Waals surface area contributed by atoms with E-state index in [4.69, 9.17) is 9.47 Å². The smallest absolute Gasteiger partial charge is 0.420 e. The van der Waals surface area contributed by atoms with E-state index in [1.807, 2.05) is 0 Å². The molecule has 0 bridgehead atoms. The van der Waals surface area contributed by atoms with Gasteiger partial charge in [0.25, 0.3) is 0 Å². The van der Waals surface area contributed by atoms with Gasteiger partial charge in [-0.1, -0.05) is 6.58 Å². The van der Waals surface area contributed by atoms with Crippen LogP contribution in [0.25, 0.3) is 0 Å². The van der Waals surface area contributed by atoms with Gasteiger partial charge in [-0.05, 0) is 60.5 Å². The summed E-state index contributed by atoms with van der Waals surface area (Å²) in [4.78, 5) is 49.4. The van der Waals surface area contributed by atoms with Gasteiger partial charge in [0.2, 0.25) is 5.83 Å². The predicted molar refractivity (Wildman–Crippen MR) is 105 cm³/mol. The average Bonchev–Trinajstić information content (AvgIpc) is 2.56. The molecule has 30 heavy (non-hydrogen) atoms. The predicted octanol–water partition coefficient (Wildman–Crippen LogP) is 4.02. The van der Waals surface area contributed by atoms with Crippen LogP contribution < -0.4 is 0 Å². The molecule has 0 unspecified atom stereocenters. The number of amides is 2. The van der Waals surface area contributed by atoms with Gasteiger partial charge in [0.15, 0.2) is 0 Å². The summed E-state index contributed by atoms with van der Waals surface area (Å²) >= 11 is 0. The van der Waals surface area contributed by atoms with Gasteiger partial charge in [-0.25, -0.2) is 19.2 Å². The van der Waals surface area contributed by atoms with E-state index in [9.17, 15) is 23.6 Å². The molecule has 0 aliphatic rings. The third kappa shape index (κ3) is 10.0. The minimum atomic E-state index is -1.49. The Bertz CT molecular complexity index is 660. The van der Waals surface area contributed by atoms with Crippen molar-refractivity contribution in [3.63, 3.8) is 0 Å². The average molecular weight is 431 g/mol. The number of nitrogens with zero attached hydrogens (tertiary/aromatic N) is 1. The molecule has 0 aromatic rings. The van der Waals surface area contributed by atoms with Crippen LogP contribution in [0.15, 0.2) is 24.7 Å². The molecule has 0 aliphatic carbocycles. The number of carbonyl (C=O) groups is 4. The quantitative estimate of drug-likeness (QED) is 0.257. The highest BCUT2D eigenvalue weighted by molar-refractivity contribution is 5.94. The van der Waals surface area contributed by atoms with Crippen LogP contribution in [-0.2, 0) is 28.5 Å². The largest absolute Gasteiger partial charge is 0.467 e. The Labute approximate surface area is 175 Å². The minimum absolute atomic E-state index is 0.208. The molecule has 0 heterocycles. The zero-order valence-electron chi connectivity index (χ0n) is 18.4. The first-order valence-corrected chi connectivity index (χ1v) is 9.13. The molecule has 0 spiro atoms. The molecule has 0 radical (unpaired) electrons. The van der Waals surface area contributed by atoms with E-state index in [0.717, 1.165) is 19.4 Å². The molecule has 0 aromatic carbocycles. The molecule has 0 fully saturated rings. The maximum Gasteiger partial charge on any atom is 0.420 e. The van der Waals surface area contributed by atoms with Crippen molar-refractivity contribution in [1.29, 1.82) is 0 Å². The highest BCUT2D eigenvalue weighted by Gasteiger charge is 2.40. The number of imide groups is 1. The van der Waals surface area contributed by atoms with Crippen LogP contribution in [0.5, 0.6) is 0 Å². The highest BCUT2D eigenvalue weighted by atomic mass is 19.1. The molecule has 170 valence electrons. The Kier molecular flexibility index (Phi) is 10.2. The van der Waals surface area contributed by atoms with Gasteiger partial charge in [0.05, 0.1) is 13.4 Å². The number of hydrogen-bond donors (Lipinski definition) is 0. The lowest BCUT2D eigenvalue weighted by atomic mass is 10.1. The first-order valence-electron chi connectivity index (χ1n) is 9.13. The zero-order valence-corrected chi connectivity index (χ0v) is 18.4. The molecule has 2 amide bonds. The van der Waals surface area contributed by atoms with Gasteiger partial charge in [0, 0.05) is 0 Å². The molecule has 0 saturated heterocycles. The first kappa shape index (κ1) is 27.1. The van der Waals surface area contributed by atoms with Crippen LogP contribution in [0.2, 0.25) is 0 Å². The zero-order chi connectivity index (χ0) is 23.7. The highest BCUT2D eigenvalue weighted by Crippen LogP contribution is 2.20.